The van der Waals surface area contributed by atoms with Gasteiger partial charge < -0.3 is 14.7 Å². The maximum atomic E-state index is 13.3. The maximum Gasteiger partial charge on any atom is 0.258 e. The van der Waals surface area contributed by atoms with Gasteiger partial charge in [-0.05, 0) is 44.5 Å². The SMILES string of the molecule is Cc1cnc(C2CN(C(=O)c3c(OC(C)C)ccc(S(C)(=O)=O)c3CO)C2)c(Cl)c1. The fourth-order valence-electron chi connectivity index (χ4n) is 3.52. The van der Waals surface area contributed by atoms with Crippen LogP contribution in [0.25, 0.3) is 0 Å². The van der Waals surface area contributed by atoms with Gasteiger partial charge in [0.25, 0.3) is 5.91 Å². The fraction of sp³-hybridized carbons (Fsp3) is 0.429. The molecule has 1 amide bonds. The van der Waals surface area contributed by atoms with Gasteiger partial charge in [-0.15, -0.1) is 0 Å². The van der Waals surface area contributed by atoms with Crippen LogP contribution in [0.15, 0.2) is 29.3 Å². The van der Waals surface area contributed by atoms with Crippen LogP contribution >= 0.6 is 11.6 Å². The predicted octanol–water partition coefficient (Wildman–Crippen LogP) is 2.97. The molecule has 162 valence electrons. The number of hydrogen-bond acceptors (Lipinski definition) is 6. The summed E-state index contributed by atoms with van der Waals surface area (Å²) in [5.41, 5.74) is 1.82. The molecule has 1 saturated heterocycles. The number of aliphatic hydroxyl groups excluding tert-OH is 1. The number of benzene rings is 1. The molecule has 0 atom stereocenters. The lowest BCUT2D eigenvalue weighted by atomic mass is 9.93. The molecule has 1 aromatic carbocycles. The third kappa shape index (κ3) is 4.45. The van der Waals surface area contributed by atoms with E-state index in [1.807, 2.05) is 26.8 Å². The molecular formula is C21H25ClN2O5S. The van der Waals surface area contributed by atoms with Crippen LogP contribution in [0.1, 0.15) is 46.9 Å². The number of aromatic nitrogens is 1. The summed E-state index contributed by atoms with van der Waals surface area (Å²) in [6.45, 7) is 5.71. The molecule has 1 N–H and O–H groups in total. The molecule has 0 radical (unpaired) electrons. The summed E-state index contributed by atoms with van der Waals surface area (Å²) in [7, 11) is -3.64. The van der Waals surface area contributed by atoms with Crippen LogP contribution in [0.2, 0.25) is 5.02 Å². The summed E-state index contributed by atoms with van der Waals surface area (Å²) < 4.78 is 30.1. The summed E-state index contributed by atoms with van der Waals surface area (Å²) in [5.74, 6) is -0.145. The Morgan fingerprint density at radius 3 is 2.57 bits per heavy atom. The molecule has 0 spiro atoms. The zero-order valence-corrected chi connectivity index (χ0v) is 18.9. The minimum absolute atomic E-state index is 0.00724. The lowest BCUT2D eigenvalue weighted by molar-refractivity contribution is 0.0588. The van der Waals surface area contributed by atoms with Gasteiger partial charge in [-0.1, -0.05) is 11.6 Å². The van der Waals surface area contributed by atoms with Crippen molar-refractivity contribution in [2.75, 3.05) is 19.3 Å². The van der Waals surface area contributed by atoms with Gasteiger partial charge in [-0.25, -0.2) is 8.42 Å². The minimum Gasteiger partial charge on any atom is -0.490 e. The molecule has 30 heavy (non-hydrogen) atoms. The van der Waals surface area contributed by atoms with Crippen molar-refractivity contribution < 1.29 is 23.1 Å². The van der Waals surface area contributed by atoms with Gasteiger partial charge in [0, 0.05) is 37.0 Å². The fourth-order valence-corrected chi connectivity index (χ4v) is 4.82. The number of rotatable bonds is 6. The van der Waals surface area contributed by atoms with Crippen LogP contribution in [0.3, 0.4) is 0 Å². The molecule has 1 aliphatic heterocycles. The van der Waals surface area contributed by atoms with E-state index in [1.165, 1.54) is 12.1 Å². The van der Waals surface area contributed by atoms with Crippen LogP contribution in [0, 0.1) is 6.92 Å². The number of likely N-dealkylation sites (tertiary alicyclic amines) is 1. The Morgan fingerprint density at radius 2 is 2.03 bits per heavy atom. The summed E-state index contributed by atoms with van der Waals surface area (Å²) in [4.78, 5) is 19.2. The van der Waals surface area contributed by atoms with Crippen molar-refractivity contribution >= 4 is 27.3 Å². The lowest BCUT2D eigenvalue weighted by Gasteiger charge is -2.40. The normalized spacial score (nSPS) is 14.7. The van der Waals surface area contributed by atoms with Gasteiger partial charge in [0.1, 0.15) is 5.75 Å². The molecular weight excluding hydrogens is 428 g/mol. The van der Waals surface area contributed by atoms with E-state index in [0.29, 0.717) is 18.1 Å². The molecule has 2 aromatic rings. The summed E-state index contributed by atoms with van der Waals surface area (Å²) >= 11 is 6.30. The number of pyridine rings is 1. The Morgan fingerprint density at radius 1 is 1.37 bits per heavy atom. The monoisotopic (exact) mass is 452 g/mol. The first-order chi connectivity index (χ1) is 14.0. The van der Waals surface area contributed by atoms with E-state index in [4.69, 9.17) is 16.3 Å². The smallest absolute Gasteiger partial charge is 0.258 e. The van der Waals surface area contributed by atoms with Crippen molar-refractivity contribution in [1.82, 2.24) is 9.88 Å². The largest absolute Gasteiger partial charge is 0.490 e. The van der Waals surface area contributed by atoms with Crippen LogP contribution in [0.4, 0.5) is 0 Å². The molecule has 9 heteroatoms. The highest BCUT2D eigenvalue weighted by Crippen LogP contribution is 2.36. The first kappa shape index (κ1) is 22.5. The highest BCUT2D eigenvalue weighted by atomic mass is 35.5. The molecule has 3 rings (SSSR count). The predicted molar refractivity (Wildman–Crippen MR) is 114 cm³/mol. The second-order valence-electron chi connectivity index (χ2n) is 7.80. The Hall–Kier alpha value is -2.16. The summed E-state index contributed by atoms with van der Waals surface area (Å²) in [6, 6.07) is 4.67. The van der Waals surface area contributed by atoms with E-state index in [9.17, 15) is 18.3 Å². The average Bonchev–Trinajstić information content (AvgIpc) is 2.60. The van der Waals surface area contributed by atoms with Crippen LogP contribution in [-0.2, 0) is 16.4 Å². The lowest BCUT2D eigenvalue weighted by Crippen LogP contribution is -2.49. The molecule has 0 saturated carbocycles. The second-order valence-corrected chi connectivity index (χ2v) is 10.2. The van der Waals surface area contributed by atoms with Crippen LogP contribution < -0.4 is 4.74 Å². The van der Waals surface area contributed by atoms with E-state index in [2.05, 4.69) is 4.98 Å². The molecule has 0 unspecified atom stereocenters. The number of carbonyl (C=O) groups is 1. The molecule has 0 aliphatic carbocycles. The number of hydrogen-bond donors (Lipinski definition) is 1. The summed E-state index contributed by atoms with van der Waals surface area (Å²) in [5, 5.41) is 10.5. The maximum absolute atomic E-state index is 13.3. The highest BCUT2D eigenvalue weighted by Gasteiger charge is 2.37. The van der Waals surface area contributed by atoms with Gasteiger partial charge in [0.15, 0.2) is 9.84 Å². The number of amides is 1. The molecule has 1 aliphatic rings. The Labute approximate surface area is 181 Å². The third-order valence-corrected chi connectivity index (χ3v) is 6.41. The highest BCUT2D eigenvalue weighted by molar-refractivity contribution is 7.90. The van der Waals surface area contributed by atoms with Gasteiger partial charge in [0.05, 0.1) is 33.9 Å². The van der Waals surface area contributed by atoms with Crippen molar-refractivity contribution in [3.63, 3.8) is 0 Å². The quantitative estimate of drug-likeness (QED) is 0.723. The van der Waals surface area contributed by atoms with Crippen molar-refractivity contribution in [2.24, 2.45) is 0 Å². The van der Waals surface area contributed by atoms with Crippen LogP contribution in [-0.4, -0.2) is 54.8 Å². The topological polar surface area (TPSA) is 96.8 Å². The molecule has 2 heterocycles. The molecule has 7 nitrogen and oxygen atoms in total. The third-order valence-electron chi connectivity index (χ3n) is 4.93. The van der Waals surface area contributed by atoms with Gasteiger partial charge in [-0.2, -0.15) is 0 Å². The zero-order chi connectivity index (χ0) is 22.2. The average molecular weight is 453 g/mol. The van der Waals surface area contributed by atoms with E-state index in [-0.39, 0.29) is 39.7 Å². The number of carbonyl (C=O) groups excluding carboxylic acids is 1. The minimum atomic E-state index is -3.64. The second kappa shape index (κ2) is 8.53. The first-order valence-corrected chi connectivity index (χ1v) is 11.8. The zero-order valence-electron chi connectivity index (χ0n) is 17.3. The van der Waals surface area contributed by atoms with E-state index in [0.717, 1.165) is 17.5 Å². The molecule has 1 fully saturated rings. The summed E-state index contributed by atoms with van der Waals surface area (Å²) in [6.07, 6.45) is 2.55. The number of sulfone groups is 1. The van der Waals surface area contributed by atoms with Gasteiger partial charge in [0.2, 0.25) is 0 Å². The van der Waals surface area contributed by atoms with Crippen LogP contribution in [0.5, 0.6) is 5.75 Å². The van der Waals surface area contributed by atoms with Crippen molar-refractivity contribution in [3.05, 3.63) is 51.8 Å². The number of nitrogens with zero attached hydrogens (tertiary/aromatic N) is 2. The first-order valence-electron chi connectivity index (χ1n) is 9.57. The van der Waals surface area contributed by atoms with Crippen molar-refractivity contribution in [3.8, 4) is 5.75 Å². The Kier molecular flexibility index (Phi) is 6.40. The van der Waals surface area contributed by atoms with Crippen molar-refractivity contribution in [1.29, 1.82) is 0 Å². The Bertz CT molecular complexity index is 1080. The molecule has 1 aromatic heterocycles. The van der Waals surface area contributed by atoms with Crippen molar-refractivity contribution in [2.45, 2.75) is 44.3 Å². The van der Waals surface area contributed by atoms with E-state index >= 15 is 0 Å². The van der Waals surface area contributed by atoms with E-state index < -0.39 is 16.4 Å². The Balaban J connectivity index is 1.95. The van der Waals surface area contributed by atoms with Gasteiger partial charge in [-0.3, -0.25) is 9.78 Å². The number of aryl methyl sites for hydroxylation is 1. The van der Waals surface area contributed by atoms with E-state index in [1.54, 1.807) is 11.1 Å². The number of halogens is 1. The standard InChI is InChI=1S/C21H25ClN2O5S/c1-12(2)29-17-5-6-18(30(4,27)28)15(11-25)19(17)21(26)24-9-14(10-24)20-16(22)7-13(3)8-23-20/h5-8,12,14,25H,9-11H2,1-4H3. The molecule has 0 bridgehead atoms. The van der Waals surface area contributed by atoms with Gasteiger partial charge >= 0.3 is 0 Å². The number of aliphatic hydroxyl groups is 1. The number of ether oxygens (including phenoxy) is 1.